The monoisotopic (exact) mass is 299 g/mol. The summed E-state index contributed by atoms with van der Waals surface area (Å²) in [7, 11) is 0. The Balaban J connectivity index is 2.21. The number of hydrogen-bond donors (Lipinski definition) is 1. The van der Waals surface area contributed by atoms with E-state index in [4.69, 9.17) is 11.6 Å². The lowest BCUT2D eigenvalue weighted by molar-refractivity contribution is 0.253. The molecule has 0 bridgehead atoms. The fourth-order valence-electron chi connectivity index (χ4n) is 1.15. The number of anilines is 1. The van der Waals surface area contributed by atoms with Gasteiger partial charge in [-0.2, -0.15) is 0 Å². The number of halogens is 2. The number of amides is 1. The van der Waals surface area contributed by atoms with Crippen LogP contribution >= 0.6 is 27.5 Å². The summed E-state index contributed by atoms with van der Waals surface area (Å²) in [6.45, 7) is 0. The van der Waals surface area contributed by atoms with Gasteiger partial charge in [0, 0.05) is 21.9 Å². The van der Waals surface area contributed by atoms with Gasteiger partial charge in [0.05, 0.1) is 5.69 Å². The molecular weight excluding hydrogens is 293 g/mol. The SMILES string of the molecule is O=C(Nc1cc(Cl)ccc1Br)n1ccnc1. The molecule has 82 valence electrons. The molecule has 6 heteroatoms. The quantitative estimate of drug-likeness (QED) is 0.877. The standard InChI is InChI=1S/C10H7BrClN3O/c11-8-2-1-7(12)5-9(8)14-10(16)15-4-3-13-6-15/h1-6H,(H,14,16). The zero-order valence-corrected chi connectivity index (χ0v) is 10.4. The molecule has 1 N–H and O–H groups in total. The van der Waals surface area contributed by atoms with Gasteiger partial charge in [-0.15, -0.1) is 0 Å². The second-order valence-corrected chi connectivity index (χ2v) is 4.32. The van der Waals surface area contributed by atoms with Gasteiger partial charge in [0.1, 0.15) is 6.33 Å². The molecule has 0 saturated carbocycles. The molecule has 16 heavy (non-hydrogen) atoms. The Kier molecular flexibility index (Phi) is 3.26. The van der Waals surface area contributed by atoms with Gasteiger partial charge in [0.15, 0.2) is 0 Å². The lowest BCUT2D eigenvalue weighted by Gasteiger charge is -2.07. The van der Waals surface area contributed by atoms with Crippen molar-refractivity contribution in [2.45, 2.75) is 0 Å². The number of nitrogens with one attached hydrogen (secondary N) is 1. The molecule has 1 amide bonds. The molecule has 0 spiro atoms. The minimum atomic E-state index is -0.291. The minimum absolute atomic E-state index is 0.291. The van der Waals surface area contributed by atoms with Crippen molar-refractivity contribution in [1.29, 1.82) is 0 Å². The summed E-state index contributed by atoms with van der Waals surface area (Å²) >= 11 is 9.16. The average Bonchev–Trinajstić information content (AvgIpc) is 2.76. The first kappa shape index (κ1) is 11.2. The Bertz CT molecular complexity index is 513. The van der Waals surface area contributed by atoms with E-state index in [1.807, 2.05) is 0 Å². The van der Waals surface area contributed by atoms with E-state index in [1.54, 1.807) is 24.4 Å². The van der Waals surface area contributed by atoms with Crippen LogP contribution < -0.4 is 5.32 Å². The summed E-state index contributed by atoms with van der Waals surface area (Å²) in [5.41, 5.74) is 0.617. The number of hydrogen-bond acceptors (Lipinski definition) is 2. The zero-order chi connectivity index (χ0) is 11.5. The first-order chi connectivity index (χ1) is 7.66. The number of benzene rings is 1. The van der Waals surface area contributed by atoms with Crippen molar-refractivity contribution in [3.05, 3.63) is 46.4 Å². The molecule has 4 nitrogen and oxygen atoms in total. The molecule has 0 radical (unpaired) electrons. The van der Waals surface area contributed by atoms with E-state index in [-0.39, 0.29) is 6.03 Å². The number of imidazole rings is 1. The molecule has 0 aliphatic carbocycles. The summed E-state index contributed by atoms with van der Waals surface area (Å²) in [6.07, 6.45) is 4.52. The largest absolute Gasteiger partial charge is 0.331 e. The van der Waals surface area contributed by atoms with Crippen molar-refractivity contribution in [3.63, 3.8) is 0 Å². The van der Waals surface area contributed by atoms with Crippen LogP contribution in [0.1, 0.15) is 0 Å². The number of carbonyl (C=O) groups is 1. The molecular formula is C10H7BrClN3O. The van der Waals surface area contributed by atoms with Crippen molar-refractivity contribution in [2.75, 3.05) is 5.32 Å². The maximum absolute atomic E-state index is 11.7. The van der Waals surface area contributed by atoms with Crippen LogP contribution in [0.25, 0.3) is 0 Å². The van der Waals surface area contributed by atoms with Crippen molar-refractivity contribution in [3.8, 4) is 0 Å². The Morgan fingerprint density at radius 1 is 1.50 bits per heavy atom. The molecule has 1 heterocycles. The fourth-order valence-corrected chi connectivity index (χ4v) is 1.67. The highest BCUT2D eigenvalue weighted by Crippen LogP contribution is 2.25. The molecule has 0 unspecified atom stereocenters. The van der Waals surface area contributed by atoms with E-state index in [0.717, 1.165) is 4.47 Å². The van der Waals surface area contributed by atoms with Gasteiger partial charge in [0.2, 0.25) is 0 Å². The lowest BCUT2D eigenvalue weighted by atomic mass is 10.3. The van der Waals surface area contributed by atoms with Crippen LogP contribution in [0.2, 0.25) is 5.02 Å². The average molecular weight is 301 g/mol. The first-order valence-corrected chi connectivity index (χ1v) is 5.58. The van der Waals surface area contributed by atoms with Crippen molar-refractivity contribution < 1.29 is 4.79 Å². The van der Waals surface area contributed by atoms with Crippen LogP contribution in [-0.2, 0) is 0 Å². The highest BCUT2D eigenvalue weighted by atomic mass is 79.9. The summed E-state index contributed by atoms with van der Waals surface area (Å²) in [5, 5.41) is 3.27. The maximum atomic E-state index is 11.7. The number of rotatable bonds is 1. The van der Waals surface area contributed by atoms with E-state index in [0.29, 0.717) is 10.7 Å². The molecule has 0 aliphatic rings. The van der Waals surface area contributed by atoms with Crippen LogP contribution in [0.5, 0.6) is 0 Å². The van der Waals surface area contributed by atoms with Gasteiger partial charge >= 0.3 is 6.03 Å². The van der Waals surface area contributed by atoms with Gasteiger partial charge < -0.3 is 5.32 Å². The van der Waals surface area contributed by atoms with Gasteiger partial charge in [-0.1, -0.05) is 11.6 Å². The third kappa shape index (κ3) is 2.43. The predicted octanol–water partition coefficient (Wildman–Crippen LogP) is 3.38. The van der Waals surface area contributed by atoms with E-state index in [2.05, 4.69) is 26.2 Å². The Hall–Kier alpha value is -1.33. The molecule has 2 rings (SSSR count). The molecule has 0 saturated heterocycles. The second kappa shape index (κ2) is 4.67. The van der Waals surface area contributed by atoms with Crippen LogP contribution in [-0.4, -0.2) is 15.6 Å². The smallest absolute Gasteiger partial charge is 0.306 e. The fraction of sp³-hybridized carbons (Fsp3) is 0. The summed E-state index contributed by atoms with van der Waals surface area (Å²) in [4.78, 5) is 15.5. The molecule has 0 aliphatic heterocycles. The second-order valence-electron chi connectivity index (χ2n) is 3.02. The normalized spacial score (nSPS) is 10.1. The van der Waals surface area contributed by atoms with Crippen LogP contribution in [0.4, 0.5) is 10.5 Å². The summed E-state index contributed by atoms with van der Waals surface area (Å²) in [6, 6.07) is 4.88. The van der Waals surface area contributed by atoms with Gasteiger partial charge in [-0.05, 0) is 34.1 Å². The van der Waals surface area contributed by atoms with Crippen molar-refractivity contribution >= 4 is 39.2 Å². The van der Waals surface area contributed by atoms with Crippen molar-refractivity contribution in [1.82, 2.24) is 9.55 Å². The van der Waals surface area contributed by atoms with Crippen molar-refractivity contribution in [2.24, 2.45) is 0 Å². The Morgan fingerprint density at radius 3 is 3.00 bits per heavy atom. The highest BCUT2D eigenvalue weighted by Gasteiger charge is 2.07. The molecule has 1 aromatic heterocycles. The van der Waals surface area contributed by atoms with E-state index in [1.165, 1.54) is 17.1 Å². The highest BCUT2D eigenvalue weighted by molar-refractivity contribution is 9.10. The van der Waals surface area contributed by atoms with Crippen LogP contribution in [0.15, 0.2) is 41.4 Å². The predicted molar refractivity (Wildman–Crippen MR) is 65.8 cm³/mol. The number of aromatic nitrogens is 2. The summed E-state index contributed by atoms with van der Waals surface area (Å²) in [5.74, 6) is 0. The number of carbonyl (C=O) groups excluding carboxylic acids is 1. The first-order valence-electron chi connectivity index (χ1n) is 4.41. The molecule has 0 atom stereocenters. The van der Waals surface area contributed by atoms with Gasteiger partial charge in [-0.3, -0.25) is 4.57 Å². The molecule has 0 fully saturated rings. The minimum Gasteiger partial charge on any atom is -0.306 e. The van der Waals surface area contributed by atoms with Crippen LogP contribution in [0, 0.1) is 0 Å². The lowest BCUT2D eigenvalue weighted by Crippen LogP contribution is -2.17. The van der Waals surface area contributed by atoms with E-state index >= 15 is 0 Å². The topological polar surface area (TPSA) is 46.9 Å². The number of nitrogens with zero attached hydrogens (tertiary/aromatic N) is 2. The molecule has 1 aromatic carbocycles. The van der Waals surface area contributed by atoms with Crippen LogP contribution in [0.3, 0.4) is 0 Å². The van der Waals surface area contributed by atoms with Gasteiger partial charge in [0.25, 0.3) is 0 Å². The van der Waals surface area contributed by atoms with E-state index in [9.17, 15) is 4.79 Å². The third-order valence-corrected chi connectivity index (χ3v) is 2.84. The van der Waals surface area contributed by atoms with E-state index < -0.39 is 0 Å². The Labute approximate surface area is 105 Å². The zero-order valence-electron chi connectivity index (χ0n) is 8.02. The third-order valence-electron chi connectivity index (χ3n) is 1.91. The maximum Gasteiger partial charge on any atom is 0.331 e. The van der Waals surface area contributed by atoms with Gasteiger partial charge in [-0.25, -0.2) is 9.78 Å². The Morgan fingerprint density at radius 2 is 2.31 bits per heavy atom. The molecule has 2 aromatic rings. The summed E-state index contributed by atoms with van der Waals surface area (Å²) < 4.78 is 2.11.